The molecule has 0 spiro atoms. The maximum atomic E-state index is 4.95. The van der Waals surface area contributed by atoms with Crippen LogP contribution in [0.1, 0.15) is 5.56 Å². The monoisotopic (exact) mass is 506 g/mol. The highest BCUT2D eigenvalue weighted by atomic mass is 15.1. The molecule has 0 atom stereocenters. The minimum absolute atomic E-state index is 0.636. The van der Waals surface area contributed by atoms with E-state index in [9.17, 15) is 0 Å². The van der Waals surface area contributed by atoms with Gasteiger partial charge in [0.25, 0.3) is 0 Å². The molecule has 2 aromatic carbocycles. The van der Waals surface area contributed by atoms with Gasteiger partial charge in [0, 0.05) is 29.2 Å². The van der Waals surface area contributed by atoms with Gasteiger partial charge in [-0.2, -0.15) is 5.10 Å². The molecule has 0 aliphatic rings. The second kappa shape index (κ2) is 9.35. The van der Waals surface area contributed by atoms with E-state index in [-0.39, 0.29) is 0 Å². The second-order valence-electron chi connectivity index (χ2n) is 9.10. The quantitative estimate of drug-likeness (QED) is 0.231. The van der Waals surface area contributed by atoms with Crippen molar-refractivity contribution in [2.45, 2.75) is 0 Å². The van der Waals surface area contributed by atoms with Crippen molar-refractivity contribution in [2.24, 2.45) is 0 Å². The number of fused-ring (bicyclic) bond motifs is 2. The molecule has 5 aromatic heterocycles. The van der Waals surface area contributed by atoms with Gasteiger partial charge < -0.3 is 10.3 Å². The van der Waals surface area contributed by atoms with Crippen molar-refractivity contribution in [1.29, 1.82) is 0 Å². The van der Waals surface area contributed by atoms with E-state index in [4.69, 9.17) is 9.97 Å². The standard InChI is InChI=1S/C31H22N8/c1-19(20-8-3-2-4-9-20)34-22-16-21(17-32-18-22)24-13-14-27-29(35-24)30(39-38-27)31-36-26-12-7-10-23(28(26)37-31)25-11-5-6-15-33-25/h2-18,34H,1H2,(H,36,37)(H,38,39). The van der Waals surface area contributed by atoms with Crippen LogP contribution < -0.4 is 5.32 Å². The van der Waals surface area contributed by atoms with E-state index < -0.39 is 0 Å². The predicted molar refractivity (Wildman–Crippen MR) is 155 cm³/mol. The number of nitrogens with one attached hydrogen (secondary N) is 3. The zero-order valence-corrected chi connectivity index (χ0v) is 20.8. The number of hydrogen-bond donors (Lipinski definition) is 3. The van der Waals surface area contributed by atoms with Gasteiger partial charge in [-0.15, -0.1) is 0 Å². The highest BCUT2D eigenvalue weighted by molar-refractivity contribution is 5.95. The summed E-state index contributed by atoms with van der Waals surface area (Å²) in [6.45, 7) is 4.16. The molecule has 0 saturated heterocycles. The van der Waals surface area contributed by atoms with Crippen LogP contribution in [0.15, 0.2) is 110 Å². The van der Waals surface area contributed by atoms with Crippen LogP contribution in [0.4, 0.5) is 5.69 Å². The Bertz CT molecular complexity index is 1960. The first-order valence-corrected chi connectivity index (χ1v) is 12.5. The highest BCUT2D eigenvalue weighted by Gasteiger charge is 2.17. The topological polar surface area (TPSA) is 108 Å². The summed E-state index contributed by atoms with van der Waals surface area (Å²) in [7, 11) is 0. The average molecular weight is 507 g/mol. The number of hydrogen-bond acceptors (Lipinski definition) is 6. The Morgan fingerprint density at radius 2 is 1.67 bits per heavy atom. The van der Waals surface area contributed by atoms with E-state index in [1.54, 1.807) is 18.6 Å². The molecule has 0 aliphatic carbocycles. The lowest BCUT2D eigenvalue weighted by Gasteiger charge is -2.10. The van der Waals surface area contributed by atoms with Gasteiger partial charge in [-0.1, -0.05) is 55.1 Å². The van der Waals surface area contributed by atoms with Crippen molar-refractivity contribution in [3.05, 3.63) is 116 Å². The van der Waals surface area contributed by atoms with Crippen molar-refractivity contribution < 1.29 is 0 Å². The fourth-order valence-electron chi connectivity index (χ4n) is 4.63. The third-order valence-corrected chi connectivity index (χ3v) is 6.54. The van der Waals surface area contributed by atoms with Gasteiger partial charge in [0.05, 0.1) is 39.8 Å². The zero-order valence-electron chi connectivity index (χ0n) is 20.8. The highest BCUT2D eigenvalue weighted by Crippen LogP contribution is 2.31. The third-order valence-electron chi connectivity index (χ3n) is 6.54. The van der Waals surface area contributed by atoms with E-state index >= 15 is 0 Å². The molecule has 0 radical (unpaired) electrons. The van der Waals surface area contributed by atoms with Gasteiger partial charge in [-0.3, -0.25) is 15.1 Å². The summed E-state index contributed by atoms with van der Waals surface area (Å²) in [6.07, 6.45) is 5.35. The molecule has 8 nitrogen and oxygen atoms in total. The van der Waals surface area contributed by atoms with Gasteiger partial charge in [0.2, 0.25) is 0 Å². The number of benzene rings is 2. The predicted octanol–water partition coefficient (Wildman–Crippen LogP) is 6.71. The van der Waals surface area contributed by atoms with Gasteiger partial charge >= 0.3 is 0 Å². The molecule has 0 amide bonds. The molecule has 186 valence electrons. The molecule has 0 unspecified atom stereocenters. The molecular formula is C31H22N8. The number of H-pyrrole nitrogens is 2. The van der Waals surface area contributed by atoms with E-state index in [2.05, 4.69) is 37.0 Å². The van der Waals surface area contributed by atoms with Crippen molar-refractivity contribution in [3.8, 4) is 34.0 Å². The maximum absolute atomic E-state index is 4.95. The van der Waals surface area contributed by atoms with E-state index in [0.29, 0.717) is 11.5 Å². The lowest BCUT2D eigenvalue weighted by molar-refractivity contribution is 1.10. The Morgan fingerprint density at radius 3 is 2.54 bits per heavy atom. The molecule has 39 heavy (non-hydrogen) atoms. The smallest absolute Gasteiger partial charge is 0.161 e. The summed E-state index contributed by atoms with van der Waals surface area (Å²) in [5, 5.41) is 11.0. The van der Waals surface area contributed by atoms with Crippen LogP contribution >= 0.6 is 0 Å². The summed E-state index contributed by atoms with van der Waals surface area (Å²) in [5.74, 6) is 0.636. The SMILES string of the molecule is C=C(Nc1cncc(-c2ccc3[nH]nc(-c4nc5c(-c6ccccn6)cccc5[nH]4)c3n2)c1)c1ccccc1. The lowest BCUT2D eigenvalue weighted by Crippen LogP contribution is -1.98. The molecule has 0 aliphatic heterocycles. The van der Waals surface area contributed by atoms with Crippen molar-refractivity contribution >= 4 is 33.5 Å². The van der Waals surface area contributed by atoms with E-state index in [1.807, 2.05) is 84.9 Å². The van der Waals surface area contributed by atoms with Crippen LogP contribution in [-0.2, 0) is 0 Å². The van der Waals surface area contributed by atoms with Crippen LogP contribution in [0.25, 0.3) is 61.8 Å². The van der Waals surface area contributed by atoms with Gasteiger partial charge in [-0.05, 0) is 42.0 Å². The summed E-state index contributed by atoms with van der Waals surface area (Å²) in [5.41, 5.74) is 10.0. The van der Waals surface area contributed by atoms with Crippen LogP contribution in [0.5, 0.6) is 0 Å². The molecule has 8 heteroatoms. The number of aromatic nitrogens is 7. The number of para-hydroxylation sites is 1. The molecular weight excluding hydrogens is 484 g/mol. The lowest BCUT2D eigenvalue weighted by atomic mass is 10.1. The minimum atomic E-state index is 0.636. The number of imidazole rings is 1. The number of pyridine rings is 3. The van der Waals surface area contributed by atoms with Crippen LogP contribution in [0.2, 0.25) is 0 Å². The average Bonchev–Trinajstić information content (AvgIpc) is 3.62. The Balaban J connectivity index is 1.25. The van der Waals surface area contributed by atoms with Crippen molar-refractivity contribution in [3.63, 3.8) is 0 Å². The van der Waals surface area contributed by atoms with Crippen LogP contribution in [-0.4, -0.2) is 35.1 Å². The van der Waals surface area contributed by atoms with Gasteiger partial charge in [-0.25, -0.2) is 9.97 Å². The number of aromatic amines is 2. The minimum Gasteiger partial charge on any atom is -0.354 e. The van der Waals surface area contributed by atoms with Crippen molar-refractivity contribution in [1.82, 2.24) is 35.1 Å². The molecule has 5 heterocycles. The Kier molecular flexibility index (Phi) is 5.41. The molecule has 7 aromatic rings. The molecule has 0 bridgehead atoms. The summed E-state index contributed by atoms with van der Waals surface area (Å²) >= 11 is 0. The van der Waals surface area contributed by atoms with Gasteiger partial charge in [0.1, 0.15) is 5.52 Å². The van der Waals surface area contributed by atoms with E-state index in [1.165, 1.54) is 0 Å². The first-order valence-electron chi connectivity index (χ1n) is 12.5. The number of anilines is 1. The molecule has 3 N–H and O–H groups in total. The molecule has 0 fully saturated rings. The van der Waals surface area contributed by atoms with Crippen LogP contribution in [0.3, 0.4) is 0 Å². The van der Waals surface area contributed by atoms with Crippen molar-refractivity contribution in [2.75, 3.05) is 5.32 Å². The molecule has 7 rings (SSSR count). The van der Waals surface area contributed by atoms with E-state index in [0.717, 1.165) is 61.5 Å². The molecule has 0 saturated carbocycles. The fourth-order valence-corrected chi connectivity index (χ4v) is 4.63. The maximum Gasteiger partial charge on any atom is 0.161 e. The largest absolute Gasteiger partial charge is 0.354 e. The first kappa shape index (κ1) is 22.6. The first-order chi connectivity index (χ1) is 19.2. The second-order valence-corrected chi connectivity index (χ2v) is 9.10. The summed E-state index contributed by atoms with van der Waals surface area (Å²) in [4.78, 5) is 22.2. The normalized spacial score (nSPS) is 11.2. The summed E-state index contributed by atoms with van der Waals surface area (Å²) in [6, 6.07) is 27.8. The summed E-state index contributed by atoms with van der Waals surface area (Å²) < 4.78 is 0. The van der Waals surface area contributed by atoms with Crippen LogP contribution in [0, 0.1) is 0 Å². The fraction of sp³-hybridized carbons (Fsp3) is 0. The Morgan fingerprint density at radius 1 is 0.769 bits per heavy atom. The zero-order chi connectivity index (χ0) is 26.2. The Hall–Kier alpha value is -5.63. The number of rotatable bonds is 6. The number of nitrogens with zero attached hydrogens (tertiary/aromatic N) is 5. The van der Waals surface area contributed by atoms with Gasteiger partial charge in [0.15, 0.2) is 11.5 Å². The third kappa shape index (κ3) is 4.19. The Labute approximate surface area is 223 Å².